The van der Waals surface area contributed by atoms with E-state index in [1.54, 1.807) is 36.4 Å². The van der Waals surface area contributed by atoms with Crippen LogP contribution in [0.15, 0.2) is 60.9 Å². The quantitative estimate of drug-likeness (QED) is 0.620. The number of pyridine rings is 1. The van der Waals surface area contributed by atoms with Gasteiger partial charge in [0, 0.05) is 23.9 Å². The van der Waals surface area contributed by atoms with Crippen molar-refractivity contribution in [1.29, 1.82) is 0 Å². The second kappa shape index (κ2) is 7.35. The van der Waals surface area contributed by atoms with Gasteiger partial charge in [-0.2, -0.15) is 9.49 Å². The molecule has 8 heteroatoms. The molecule has 0 fully saturated rings. The van der Waals surface area contributed by atoms with Crippen molar-refractivity contribution in [3.05, 3.63) is 78.0 Å². The first-order valence-corrected chi connectivity index (χ1v) is 7.41. The van der Waals surface area contributed by atoms with Gasteiger partial charge in [-0.15, -0.1) is 0 Å². The van der Waals surface area contributed by atoms with Crippen LogP contribution < -0.4 is 10.6 Å². The van der Waals surface area contributed by atoms with Crippen molar-refractivity contribution >= 4 is 17.6 Å². The maximum atomic E-state index is 13.2. The fourth-order valence-electron chi connectivity index (χ4n) is 2.23. The van der Waals surface area contributed by atoms with Crippen LogP contribution in [-0.4, -0.2) is 27.0 Å². The van der Waals surface area contributed by atoms with E-state index in [9.17, 15) is 14.0 Å². The van der Waals surface area contributed by atoms with Crippen molar-refractivity contribution in [3.63, 3.8) is 0 Å². The van der Waals surface area contributed by atoms with E-state index in [0.717, 1.165) is 6.07 Å². The molecule has 2 heterocycles. The minimum Gasteiger partial charge on any atom is -0.336 e. The third-order valence-corrected chi connectivity index (χ3v) is 3.42. The van der Waals surface area contributed by atoms with Gasteiger partial charge in [0.2, 0.25) is 5.95 Å². The summed E-state index contributed by atoms with van der Waals surface area (Å²) in [6.45, 7) is 0. The van der Waals surface area contributed by atoms with Gasteiger partial charge in [0.1, 0.15) is 11.9 Å². The van der Waals surface area contributed by atoms with Crippen LogP contribution in [0.4, 0.5) is 10.2 Å². The fraction of sp³-hybridized carbons (Fsp3) is 0.0588. The molecule has 1 aromatic carbocycles. The number of aromatic amines is 1. The highest BCUT2D eigenvalue weighted by Gasteiger charge is 2.24. The molecule has 0 unspecified atom stereocenters. The zero-order valence-corrected chi connectivity index (χ0v) is 12.9. The van der Waals surface area contributed by atoms with E-state index < -0.39 is 23.8 Å². The lowest BCUT2D eigenvalue weighted by Gasteiger charge is -2.18. The van der Waals surface area contributed by atoms with Crippen LogP contribution in [0.1, 0.15) is 22.0 Å². The van der Waals surface area contributed by atoms with E-state index in [2.05, 4.69) is 25.8 Å². The molecule has 3 aromatic rings. The van der Waals surface area contributed by atoms with Gasteiger partial charge in [0.15, 0.2) is 0 Å². The van der Waals surface area contributed by atoms with E-state index in [1.807, 2.05) is 0 Å². The van der Waals surface area contributed by atoms with Crippen molar-refractivity contribution in [2.24, 2.45) is 0 Å². The number of anilines is 1. The summed E-state index contributed by atoms with van der Waals surface area (Å²) in [5.41, 5.74) is 0.658. The van der Waals surface area contributed by atoms with Gasteiger partial charge in [0.05, 0.1) is 6.20 Å². The zero-order chi connectivity index (χ0) is 17.6. The van der Waals surface area contributed by atoms with Crippen LogP contribution >= 0.6 is 0 Å². The average Bonchev–Trinajstić information content (AvgIpc) is 3.13. The summed E-state index contributed by atoms with van der Waals surface area (Å²) < 4.78 is 13.2. The minimum absolute atomic E-state index is 0.0720. The number of carbonyl (C=O) groups is 2. The molecular formula is C17H14FN5O2. The molecule has 0 aliphatic heterocycles. The number of carbonyl (C=O) groups excluding carboxylic acids is 2. The molecule has 0 spiro atoms. The van der Waals surface area contributed by atoms with E-state index in [0.29, 0.717) is 11.4 Å². The fourth-order valence-corrected chi connectivity index (χ4v) is 2.23. The van der Waals surface area contributed by atoms with Crippen molar-refractivity contribution < 1.29 is 14.0 Å². The first-order valence-electron chi connectivity index (χ1n) is 7.41. The predicted molar refractivity (Wildman–Crippen MR) is 88.1 cm³/mol. The highest BCUT2D eigenvalue weighted by Crippen LogP contribution is 2.16. The van der Waals surface area contributed by atoms with Gasteiger partial charge in [-0.1, -0.05) is 30.3 Å². The normalized spacial score (nSPS) is 11.6. The molecule has 2 aromatic heterocycles. The number of H-pyrrole nitrogens is 1. The van der Waals surface area contributed by atoms with Gasteiger partial charge in [-0.05, 0) is 11.6 Å². The summed E-state index contributed by atoms with van der Waals surface area (Å²) in [4.78, 5) is 28.4. The first kappa shape index (κ1) is 16.3. The Morgan fingerprint density at radius 1 is 1.08 bits per heavy atom. The molecule has 0 saturated heterocycles. The smallest absolute Gasteiger partial charge is 0.252 e. The minimum atomic E-state index is -0.965. The Kier molecular flexibility index (Phi) is 4.79. The van der Waals surface area contributed by atoms with Gasteiger partial charge >= 0.3 is 0 Å². The first-order chi connectivity index (χ1) is 12.1. The van der Waals surface area contributed by atoms with E-state index in [4.69, 9.17) is 0 Å². The average molecular weight is 339 g/mol. The molecule has 3 N–H and O–H groups in total. The summed E-state index contributed by atoms with van der Waals surface area (Å²) in [5.74, 6) is -1.42. The highest BCUT2D eigenvalue weighted by molar-refractivity contribution is 6.01. The number of hydrogen-bond donors (Lipinski definition) is 3. The molecule has 0 aliphatic carbocycles. The van der Waals surface area contributed by atoms with Crippen molar-refractivity contribution in [2.75, 3.05) is 5.32 Å². The Labute approximate surface area is 142 Å². The molecule has 1 atom stereocenters. The molecule has 0 bridgehead atoms. The topological polar surface area (TPSA) is 99.8 Å². The zero-order valence-electron chi connectivity index (χ0n) is 12.9. The highest BCUT2D eigenvalue weighted by atomic mass is 19.1. The summed E-state index contributed by atoms with van der Waals surface area (Å²) in [6.07, 6.45) is 2.68. The molecule has 0 saturated carbocycles. The molecule has 3 rings (SSSR count). The Morgan fingerprint density at radius 3 is 2.56 bits per heavy atom. The van der Waals surface area contributed by atoms with Crippen molar-refractivity contribution in [2.45, 2.75) is 6.04 Å². The van der Waals surface area contributed by atoms with Crippen molar-refractivity contribution in [3.8, 4) is 0 Å². The summed E-state index contributed by atoms with van der Waals surface area (Å²) >= 11 is 0. The van der Waals surface area contributed by atoms with E-state index in [-0.39, 0.29) is 5.56 Å². The van der Waals surface area contributed by atoms with Crippen LogP contribution in [0, 0.1) is 5.95 Å². The number of aromatic nitrogens is 3. The van der Waals surface area contributed by atoms with Gasteiger partial charge < -0.3 is 10.6 Å². The number of nitrogens with zero attached hydrogens (tertiary/aromatic N) is 2. The molecule has 2 amide bonds. The third-order valence-electron chi connectivity index (χ3n) is 3.42. The molecule has 7 nitrogen and oxygen atoms in total. The number of amides is 2. The Hall–Kier alpha value is -3.55. The van der Waals surface area contributed by atoms with E-state index >= 15 is 0 Å². The number of halogens is 1. The Bertz CT molecular complexity index is 868. The molecule has 126 valence electrons. The van der Waals surface area contributed by atoms with Crippen LogP contribution in [0.2, 0.25) is 0 Å². The maximum Gasteiger partial charge on any atom is 0.252 e. The number of benzene rings is 1. The standard InChI is InChI=1S/C17H14FN5O2/c18-13-10-12(6-8-19-13)16(24)22-15(11-4-2-1-3-5-11)17(25)21-14-7-9-20-23-14/h1-10,15H,(H,22,24)(H2,20,21,23,25)/t15-/m1/s1. The lowest BCUT2D eigenvalue weighted by atomic mass is 10.1. The molecular weight excluding hydrogens is 325 g/mol. The van der Waals surface area contributed by atoms with Crippen LogP contribution in [0.3, 0.4) is 0 Å². The van der Waals surface area contributed by atoms with Gasteiger partial charge in [-0.25, -0.2) is 4.98 Å². The van der Waals surface area contributed by atoms with Crippen LogP contribution in [0.25, 0.3) is 0 Å². The second-order valence-electron chi connectivity index (χ2n) is 5.14. The Morgan fingerprint density at radius 2 is 1.88 bits per heavy atom. The number of nitrogens with one attached hydrogen (secondary N) is 3. The monoisotopic (exact) mass is 339 g/mol. The summed E-state index contributed by atoms with van der Waals surface area (Å²) in [7, 11) is 0. The van der Waals surface area contributed by atoms with E-state index in [1.165, 1.54) is 18.5 Å². The van der Waals surface area contributed by atoms with Crippen LogP contribution in [0.5, 0.6) is 0 Å². The molecule has 0 radical (unpaired) electrons. The molecule has 25 heavy (non-hydrogen) atoms. The summed E-state index contributed by atoms with van der Waals surface area (Å²) in [6, 6.07) is 11.7. The lowest BCUT2D eigenvalue weighted by Crippen LogP contribution is -2.37. The maximum absolute atomic E-state index is 13.2. The lowest BCUT2D eigenvalue weighted by molar-refractivity contribution is -0.118. The van der Waals surface area contributed by atoms with Gasteiger partial charge in [0.25, 0.3) is 11.8 Å². The van der Waals surface area contributed by atoms with Crippen LogP contribution in [-0.2, 0) is 4.79 Å². The number of hydrogen-bond acceptors (Lipinski definition) is 4. The summed E-state index contributed by atoms with van der Waals surface area (Å²) in [5, 5.41) is 11.6. The SMILES string of the molecule is O=C(N[C@@H](C(=O)Nc1ccn[nH]1)c1ccccc1)c1ccnc(F)c1. The largest absolute Gasteiger partial charge is 0.336 e. The Balaban J connectivity index is 1.83. The second-order valence-corrected chi connectivity index (χ2v) is 5.14. The third kappa shape index (κ3) is 4.05. The van der Waals surface area contributed by atoms with Gasteiger partial charge in [-0.3, -0.25) is 14.7 Å². The predicted octanol–water partition coefficient (Wildman–Crippen LogP) is 2.05. The molecule has 0 aliphatic rings. The number of rotatable bonds is 5. The van der Waals surface area contributed by atoms with Crippen molar-refractivity contribution in [1.82, 2.24) is 20.5 Å².